The van der Waals surface area contributed by atoms with Gasteiger partial charge in [-0.15, -0.1) is 0 Å². The third-order valence-corrected chi connectivity index (χ3v) is 18.1. The summed E-state index contributed by atoms with van der Waals surface area (Å²) in [6.07, 6.45) is -22.6. The maximum absolute atomic E-state index is 15.3. The molecule has 8 aromatic rings. The Labute approximate surface area is 585 Å². The van der Waals surface area contributed by atoms with E-state index in [1.54, 1.807) is 84.9 Å². The van der Waals surface area contributed by atoms with Gasteiger partial charge in [-0.3, -0.25) is 29.0 Å². The molecule has 0 aliphatic carbocycles. The van der Waals surface area contributed by atoms with Crippen LogP contribution in [0.5, 0.6) is 0 Å². The van der Waals surface area contributed by atoms with E-state index in [9.17, 15) is 34.3 Å². The molecule has 8 aromatic carbocycles. The molecule has 0 unspecified atom stereocenters. The molecule has 0 aromatic heterocycles. The molecule has 14 rings (SSSR count). The zero-order valence-electron chi connectivity index (χ0n) is 53.9. The van der Waals surface area contributed by atoms with E-state index in [2.05, 4.69) is 10.0 Å². The van der Waals surface area contributed by atoms with Crippen molar-refractivity contribution in [2.45, 2.75) is 91.9 Å². The van der Waals surface area contributed by atoms with Crippen LogP contribution in [0.4, 0.5) is 0 Å². The van der Waals surface area contributed by atoms with Crippen molar-refractivity contribution in [3.63, 3.8) is 0 Å². The molecule has 6 aliphatic heterocycles. The van der Waals surface area contributed by atoms with Gasteiger partial charge >= 0.3 is 35.8 Å². The number of amides is 4. The van der Waals surface area contributed by atoms with Crippen LogP contribution >= 0.6 is 0 Å². The van der Waals surface area contributed by atoms with Crippen LogP contribution in [-0.4, -0.2) is 181 Å². The van der Waals surface area contributed by atoms with Gasteiger partial charge in [0.05, 0.1) is 62.2 Å². The van der Waals surface area contributed by atoms with Gasteiger partial charge in [-0.1, -0.05) is 139 Å². The van der Waals surface area contributed by atoms with Crippen molar-refractivity contribution in [1.29, 1.82) is 0 Å². The molecule has 15 atom stereocenters. The topological polar surface area (TPSA) is 337 Å². The minimum atomic E-state index is -2.21. The van der Waals surface area contributed by atoms with Gasteiger partial charge in [-0.05, 0) is 103 Å². The average Bonchev–Trinajstić information content (AvgIpc) is 1.65. The molecule has 4 fully saturated rings. The van der Waals surface area contributed by atoms with E-state index in [1.165, 1.54) is 146 Å². The van der Waals surface area contributed by atoms with Gasteiger partial charge in [0.2, 0.25) is 0 Å². The standard InChI is InChI=1S/C76H59N5O22/c77-79-78-55-61(103-76-57(81-66(84)50-37-21-22-38-51(50)67(81)85)63(101-73(91)47-33-17-6-18-34-47)60(99-71(89)45-29-13-4-14-30-45)53(97-76)40-93-69(87)43-25-9-2-10-26-43)58(54-41-94-74(55)95-54)102-75-56(80-64(82)48-35-19-20-36-49(48)65(80)83)62(100-72(90)46-31-15-5-16-32-46)59(98-70(88)44-27-11-3-12-28-44)52(96-75)39-92-68(86)42-23-7-1-8-24-42/h1-38,52-63,74-76H,39-41H2/t52-,53-,54-,55-,56-,57-,58-,59-,60-,61-,62-,63-,74-,75+,76+/m1/s1. The summed E-state index contributed by atoms with van der Waals surface area (Å²) in [4.78, 5) is 153. The quantitative estimate of drug-likeness (QED) is 0.0162. The van der Waals surface area contributed by atoms with E-state index in [1.807, 2.05) is 0 Å². The molecule has 4 amide bonds. The van der Waals surface area contributed by atoms with E-state index in [0.717, 1.165) is 0 Å². The molecule has 0 radical (unpaired) electrons. The fourth-order valence-electron chi connectivity index (χ4n) is 13.2. The maximum atomic E-state index is 15.3. The van der Waals surface area contributed by atoms with Crippen LogP contribution in [0.3, 0.4) is 0 Å². The first-order chi connectivity index (χ1) is 50.2. The Morgan fingerprint density at radius 2 is 0.670 bits per heavy atom. The monoisotopic (exact) mass is 1390 g/mol. The van der Waals surface area contributed by atoms with E-state index >= 15 is 19.2 Å². The third-order valence-electron chi connectivity index (χ3n) is 18.1. The highest BCUT2D eigenvalue weighted by Crippen LogP contribution is 2.44. The number of imide groups is 2. The van der Waals surface area contributed by atoms with Crippen LogP contribution in [0.2, 0.25) is 0 Å². The number of hydrogen-bond acceptors (Lipinski definition) is 23. The van der Waals surface area contributed by atoms with Gasteiger partial charge in [0.15, 0.2) is 43.3 Å². The van der Waals surface area contributed by atoms with Crippen LogP contribution in [0, 0.1) is 0 Å². The van der Waals surface area contributed by atoms with Gasteiger partial charge < -0.3 is 56.8 Å². The number of carbonyl (C=O) groups is 10. The van der Waals surface area contributed by atoms with Gasteiger partial charge in [0, 0.05) is 4.91 Å². The molecule has 6 heterocycles. The van der Waals surface area contributed by atoms with Crippen LogP contribution < -0.4 is 0 Å². The van der Waals surface area contributed by atoms with Gasteiger partial charge in [-0.25, -0.2) is 28.8 Å². The number of azide groups is 1. The van der Waals surface area contributed by atoms with Crippen molar-refractivity contribution in [2.75, 3.05) is 19.8 Å². The Morgan fingerprint density at radius 1 is 0.379 bits per heavy atom. The highest BCUT2D eigenvalue weighted by atomic mass is 16.8. The normalized spacial score (nSPS) is 26.0. The lowest BCUT2D eigenvalue weighted by Gasteiger charge is -2.51. The van der Waals surface area contributed by atoms with Crippen molar-refractivity contribution < 1.29 is 105 Å². The molecule has 4 saturated heterocycles. The number of nitrogens with zero attached hydrogens (tertiary/aromatic N) is 5. The molecular formula is C76H59N5O22. The first-order valence-electron chi connectivity index (χ1n) is 32.6. The number of benzene rings is 8. The highest BCUT2D eigenvalue weighted by molar-refractivity contribution is 6.22. The summed E-state index contributed by atoms with van der Waals surface area (Å²) in [5, 5.41) is 4.10. The largest absolute Gasteiger partial charge is 0.459 e. The van der Waals surface area contributed by atoms with Crippen LogP contribution in [0.1, 0.15) is 104 Å². The molecule has 27 nitrogen and oxygen atoms in total. The fourth-order valence-corrected chi connectivity index (χ4v) is 13.2. The minimum absolute atomic E-state index is 0.0238. The molecule has 0 N–H and O–H groups in total. The smallest absolute Gasteiger partial charge is 0.338 e. The fraction of sp³-hybridized carbons (Fsp3) is 0.237. The first kappa shape index (κ1) is 68.1. The summed E-state index contributed by atoms with van der Waals surface area (Å²) in [5.41, 5.74) is 10.0. The average molecular weight is 1390 g/mol. The van der Waals surface area contributed by atoms with Crippen LogP contribution in [0.25, 0.3) is 10.4 Å². The summed E-state index contributed by atoms with van der Waals surface area (Å²) < 4.78 is 78.3. The lowest BCUT2D eigenvalue weighted by Crippen LogP contribution is -2.70. The zero-order valence-corrected chi connectivity index (χ0v) is 53.9. The Bertz CT molecular complexity index is 4520. The van der Waals surface area contributed by atoms with Crippen LogP contribution in [-0.2, 0) is 56.8 Å². The first-order valence-corrected chi connectivity index (χ1v) is 32.6. The molecule has 103 heavy (non-hydrogen) atoms. The maximum Gasteiger partial charge on any atom is 0.338 e. The Hall–Kier alpha value is -12.1. The summed E-state index contributed by atoms with van der Waals surface area (Å²) >= 11 is 0. The van der Waals surface area contributed by atoms with Crippen molar-refractivity contribution in [1.82, 2.24) is 9.80 Å². The van der Waals surface area contributed by atoms with Gasteiger partial charge in [-0.2, -0.15) is 0 Å². The minimum Gasteiger partial charge on any atom is -0.459 e. The van der Waals surface area contributed by atoms with Crippen molar-refractivity contribution in [3.05, 3.63) is 297 Å². The second-order valence-corrected chi connectivity index (χ2v) is 24.3. The molecule has 2 bridgehead atoms. The number of rotatable bonds is 21. The van der Waals surface area contributed by atoms with Crippen LogP contribution in [0.15, 0.2) is 236 Å². The number of ether oxygens (including phenoxy) is 12. The van der Waals surface area contributed by atoms with E-state index in [4.69, 9.17) is 56.8 Å². The summed E-state index contributed by atoms with van der Waals surface area (Å²) in [6.45, 7) is -2.10. The molecule has 6 aliphatic rings. The van der Waals surface area contributed by atoms with E-state index in [-0.39, 0.29) is 55.6 Å². The molecule has 520 valence electrons. The van der Waals surface area contributed by atoms with Crippen molar-refractivity contribution >= 4 is 59.4 Å². The zero-order chi connectivity index (χ0) is 71.3. The lowest BCUT2D eigenvalue weighted by atomic mass is 9.92. The number of esters is 6. The lowest BCUT2D eigenvalue weighted by molar-refractivity contribution is -0.342. The highest BCUT2D eigenvalue weighted by Gasteiger charge is 2.64. The molecule has 27 heteroatoms. The molecule has 0 saturated carbocycles. The summed E-state index contributed by atoms with van der Waals surface area (Å²) in [5.74, 6) is -10.0. The Kier molecular flexibility index (Phi) is 19.8. The van der Waals surface area contributed by atoms with E-state index in [0.29, 0.717) is 9.80 Å². The Balaban J connectivity index is 0.926. The van der Waals surface area contributed by atoms with Gasteiger partial charge in [0.1, 0.15) is 61.9 Å². The third kappa shape index (κ3) is 13.9. The molecular weight excluding hydrogens is 1330 g/mol. The Morgan fingerprint density at radius 3 is 0.990 bits per heavy atom. The van der Waals surface area contributed by atoms with Gasteiger partial charge in [0.25, 0.3) is 23.6 Å². The molecule has 0 spiro atoms. The predicted octanol–water partition coefficient (Wildman–Crippen LogP) is 8.59. The predicted molar refractivity (Wildman–Crippen MR) is 352 cm³/mol. The van der Waals surface area contributed by atoms with Crippen molar-refractivity contribution in [2.24, 2.45) is 5.11 Å². The number of carbonyl (C=O) groups excluding carboxylic acids is 10. The number of fused-ring (bicyclic) bond motifs is 4. The second-order valence-electron chi connectivity index (χ2n) is 24.3. The number of hydrogen-bond donors (Lipinski definition) is 0. The SMILES string of the molecule is [N-]=[N+]=N[C@H]1[C@@H]2OC[C@@H](O2)[C@@H](O[C@@H]2O[C@H](COC(=O)c3ccccc3)[C@@H](OC(=O)c3ccccc3)[C@H](OC(=O)c3ccccc3)[C@H]2N2C(=O)c3ccccc3C2=O)[C@@H]1O[C@@H]1O[C@H](COC(=O)c2ccccc2)[C@@H](OC(=O)c2ccccc2)[C@H](OC(=O)c2ccccc2)[C@H]1N1C(=O)c2ccccc2C1=O. The summed E-state index contributed by atoms with van der Waals surface area (Å²) in [6, 6.07) is 51.3. The van der Waals surface area contributed by atoms with E-state index < -0.39 is 171 Å². The summed E-state index contributed by atoms with van der Waals surface area (Å²) in [7, 11) is 0. The van der Waals surface area contributed by atoms with Crippen molar-refractivity contribution in [3.8, 4) is 0 Å². The second kappa shape index (κ2) is 30.0.